The fraction of sp³-hybridized carbons (Fsp3) is 0.538. The normalized spacial score (nSPS) is 16.7. The van der Waals surface area contributed by atoms with Gasteiger partial charge in [0.25, 0.3) is 5.69 Å². The van der Waals surface area contributed by atoms with Crippen LogP contribution in [-0.4, -0.2) is 23.8 Å². The molecule has 1 aliphatic heterocycles. The average molecular weight is 266 g/mol. The molecular formula is C13H18N2O2S. The minimum atomic E-state index is -0.299. The molecule has 1 aliphatic rings. The lowest BCUT2D eigenvalue weighted by Crippen LogP contribution is -2.27. The number of piperidine rings is 1. The molecule has 1 heterocycles. The summed E-state index contributed by atoms with van der Waals surface area (Å²) in [6.45, 7) is 2.22. The maximum Gasteiger partial charge on any atom is 0.282 e. The molecule has 1 fully saturated rings. The second-order valence-electron chi connectivity index (χ2n) is 4.56. The van der Waals surface area contributed by atoms with Gasteiger partial charge in [-0.15, -0.1) is 11.8 Å². The minimum Gasteiger partial charge on any atom is -0.317 e. The molecule has 0 amide bonds. The van der Waals surface area contributed by atoms with E-state index in [4.69, 9.17) is 0 Å². The van der Waals surface area contributed by atoms with Crippen LogP contribution in [0, 0.1) is 16.0 Å². The van der Waals surface area contributed by atoms with Gasteiger partial charge in [-0.25, -0.2) is 0 Å². The number of hydrogen-bond donors (Lipinski definition) is 1. The van der Waals surface area contributed by atoms with Gasteiger partial charge in [-0.3, -0.25) is 10.1 Å². The lowest BCUT2D eigenvalue weighted by Gasteiger charge is -2.22. The third kappa shape index (κ3) is 3.71. The van der Waals surface area contributed by atoms with Gasteiger partial charge in [0, 0.05) is 6.07 Å². The van der Waals surface area contributed by atoms with Gasteiger partial charge in [0.1, 0.15) is 0 Å². The molecule has 0 aromatic heterocycles. The van der Waals surface area contributed by atoms with E-state index in [0.29, 0.717) is 0 Å². The van der Waals surface area contributed by atoms with E-state index in [1.807, 2.05) is 12.1 Å². The van der Waals surface area contributed by atoms with Crippen molar-refractivity contribution in [2.45, 2.75) is 24.2 Å². The van der Waals surface area contributed by atoms with E-state index >= 15 is 0 Å². The number of nitrogens with one attached hydrogen (secondary N) is 1. The Bertz CT molecular complexity index is 406. The number of nitro groups is 1. The van der Waals surface area contributed by atoms with Crippen molar-refractivity contribution in [3.8, 4) is 0 Å². The second kappa shape index (κ2) is 6.75. The molecule has 2 rings (SSSR count). The van der Waals surface area contributed by atoms with Gasteiger partial charge in [0.2, 0.25) is 0 Å². The van der Waals surface area contributed by atoms with Gasteiger partial charge in [-0.1, -0.05) is 12.1 Å². The Balaban J connectivity index is 1.84. The van der Waals surface area contributed by atoms with E-state index in [2.05, 4.69) is 5.32 Å². The van der Waals surface area contributed by atoms with Crippen molar-refractivity contribution in [3.63, 3.8) is 0 Å². The van der Waals surface area contributed by atoms with Crippen molar-refractivity contribution in [3.05, 3.63) is 34.4 Å². The average Bonchev–Trinajstić information content (AvgIpc) is 2.40. The first-order valence-electron chi connectivity index (χ1n) is 6.34. The molecule has 1 saturated heterocycles. The summed E-state index contributed by atoms with van der Waals surface area (Å²) in [5, 5.41) is 14.2. The zero-order chi connectivity index (χ0) is 12.8. The first kappa shape index (κ1) is 13.4. The van der Waals surface area contributed by atoms with Crippen LogP contribution in [0.25, 0.3) is 0 Å². The molecule has 0 saturated carbocycles. The number of nitro benzene ring substituents is 1. The first-order valence-corrected chi connectivity index (χ1v) is 7.33. The number of hydrogen-bond acceptors (Lipinski definition) is 4. The molecule has 18 heavy (non-hydrogen) atoms. The summed E-state index contributed by atoms with van der Waals surface area (Å²) >= 11 is 1.61. The highest BCUT2D eigenvalue weighted by Gasteiger charge is 2.15. The Morgan fingerprint density at radius 3 is 2.78 bits per heavy atom. The van der Waals surface area contributed by atoms with Crippen molar-refractivity contribution in [2.75, 3.05) is 18.8 Å². The summed E-state index contributed by atoms with van der Waals surface area (Å²) in [7, 11) is 0. The predicted molar refractivity (Wildman–Crippen MR) is 74.0 cm³/mol. The van der Waals surface area contributed by atoms with Crippen molar-refractivity contribution in [1.82, 2.24) is 5.32 Å². The minimum absolute atomic E-state index is 0.229. The van der Waals surface area contributed by atoms with Crippen LogP contribution in [0.4, 0.5) is 5.69 Å². The van der Waals surface area contributed by atoms with Crippen LogP contribution in [0.1, 0.15) is 19.3 Å². The standard InChI is InChI=1S/C13H18N2O2S/c16-15(17)12-3-1-2-4-13(12)18-10-7-11-5-8-14-9-6-11/h1-4,11,14H,5-10H2. The molecule has 5 heteroatoms. The third-order valence-corrected chi connectivity index (χ3v) is 4.40. The highest BCUT2D eigenvalue weighted by atomic mass is 32.2. The van der Waals surface area contributed by atoms with E-state index in [1.165, 1.54) is 12.8 Å². The van der Waals surface area contributed by atoms with Crippen molar-refractivity contribution in [2.24, 2.45) is 5.92 Å². The Hall–Kier alpha value is -1.07. The molecule has 98 valence electrons. The molecule has 0 aliphatic carbocycles. The first-order chi connectivity index (χ1) is 8.77. The van der Waals surface area contributed by atoms with E-state index in [1.54, 1.807) is 23.9 Å². The van der Waals surface area contributed by atoms with Gasteiger partial charge >= 0.3 is 0 Å². The molecule has 0 spiro atoms. The Morgan fingerprint density at radius 1 is 1.33 bits per heavy atom. The fourth-order valence-corrected chi connectivity index (χ4v) is 3.37. The highest BCUT2D eigenvalue weighted by molar-refractivity contribution is 7.99. The molecular weight excluding hydrogens is 248 g/mol. The molecule has 1 N–H and O–H groups in total. The number of rotatable bonds is 5. The number of nitrogens with zero attached hydrogens (tertiary/aromatic N) is 1. The summed E-state index contributed by atoms with van der Waals surface area (Å²) in [5.41, 5.74) is 0.229. The van der Waals surface area contributed by atoms with Crippen LogP contribution in [0.5, 0.6) is 0 Å². The van der Waals surface area contributed by atoms with E-state index in [-0.39, 0.29) is 10.6 Å². The Morgan fingerprint density at radius 2 is 2.06 bits per heavy atom. The van der Waals surface area contributed by atoms with Crippen LogP contribution in [0.2, 0.25) is 0 Å². The van der Waals surface area contributed by atoms with Crippen molar-refractivity contribution < 1.29 is 4.92 Å². The van der Waals surface area contributed by atoms with Gasteiger partial charge in [-0.05, 0) is 50.1 Å². The largest absolute Gasteiger partial charge is 0.317 e. The lowest BCUT2D eigenvalue weighted by atomic mass is 9.96. The van der Waals surface area contributed by atoms with Crippen molar-refractivity contribution in [1.29, 1.82) is 0 Å². The van der Waals surface area contributed by atoms with Crippen LogP contribution in [0.3, 0.4) is 0 Å². The smallest absolute Gasteiger partial charge is 0.282 e. The molecule has 0 unspecified atom stereocenters. The van der Waals surface area contributed by atoms with Gasteiger partial charge in [-0.2, -0.15) is 0 Å². The van der Waals surface area contributed by atoms with Gasteiger partial charge in [0.15, 0.2) is 0 Å². The monoisotopic (exact) mass is 266 g/mol. The summed E-state index contributed by atoms with van der Waals surface area (Å²) in [5.74, 6) is 1.75. The number of para-hydroxylation sites is 1. The van der Waals surface area contributed by atoms with Gasteiger partial charge < -0.3 is 5.32 Å². The fourth-order valence-electron chi connectivity index (χ4n) is 2.24. The van der Waals surface area contributed by atoms with Gasteiger partial charge in [0.05, 0.1) is 9.82 Å². The van der Waals surface area contributed by atoms with Crippen LogP contribution in [-0.2, 0) is 0 Å². The number of benzene rings is 1. The van der Waals surface area contributed by atoms with Crippen LogP contribution < -0.4 is 5.32 Å². The molecule has 0 atom stereocenters. The van der Waals surface area contributed by atoms with Crippen LogP contribution in [0.15, 0.2) is 29.2 Å². The zero-order valence-corrected chi connectivity index (χ0v) is 11.1. The summed E-state index contributed by atoms with van der Waals surface area (Å²) in [4.78, 5) is 11.4. The summed E-state index contributed by atoms with van der Waals surface area (Å²) in [6, 6.07) is 6.99. The Kier molecular flexibility index (Phi) is 5.01. The number of thioether (sulfide) groups is 1. The lowest BCUT2D eigenvalue weighted by molar-refractivity contribution is -0.387. The quantitative estimate of drug-likeness (QED) is 0.505. The predicted octanol–water partition coefficient (Wildman–Crippen LogP) is 3.08. The maximum absolute atomic E-state index is 10.9. The van der Waals surface area contributed by atoms with Crippen molar-refractivity contribution >= 4 is 17.4 Å². The maximum atomic E-state index is 10.9. The zero-order valence-electron chi connectivity index (χ0n) is 10.3. The SMILES string of the molecule is O=[N+]([O-])c1ccccc1SCCC1CCNCC1. The highest BCUT2D eigenvalue weighted by Crippen LogP contribution is 2.30. The topological polar surface area (TPSA) is 55.2 Å². The summed E-state index contributed by atoms with van der Waals surface area (Å²) in [6.07, 6.45) is 3.62. The third-order valence-electron chi connectivity index (χ3n) is 3.30. The molecule has 4 nitrogen and oxygen atoms in total. The van der Waals surface area contributed by atoms with Crippen LogP contribution >= 0.6 is 11.8 Å². The molecule has 0 radical (unpaired) electrons. The Labute approximate surface area is 111 Å². The van der Waals surface area contributed by atoms with E-state index in [0.717, 1.165) is 36.1 Å². The molecule has 0 bridgehead atoms. The van der Waals surface area contributed by atoms with E-state index < -0.39 is 0 Å². The second-order valence-corrected chi connectivity index (χ2v) is 5.69. The molecule has 1 aromatic carbocycles. The molecule has 1 aromatic rings. The summed E-state index contributed by atoms with van der Waals surface area (Å²) < 4.78 is 0. The van der Waals surface area contributed by atoms with E-state index in [9.17, 15) is 10.1 Å².